The maximum atomic E-state index is 11.9. The summed E-state index contributed by atoms with van der Waals surface area (Å²) < 4.78 is 5.20. The number of nitrogens with zero attached hydrogens (tertiary/aromatic N) is 1. The molecular formula is C12H19NO4. The molecule has 0 aromatic heterocycles. The normalized spacial score (nSPS) is 23.4. The van der Waals surface area contributed by atoms with Gasteiger partial charge >= 0.3 is 5.97 Å². The molecule has 1 saturated heterocycles. The molecule has 1 aliphatic rings. The Morgan fingerprint density at radius 3 is 2.65 bits per heavy atom. The molecule has 0 aromatic rings. The fraction of sp³-hybridized carbons (Fsp3) is 0.667. The zero-order valence-corrected chi connectivity index (χ0v) is 10.1. The molecule has 96 valence electrons. The monoisotopic (exact) mass is 241 g/mol. The van der Waals surface area contributed by atoms with Crippen molar-refractivity contribution in [1.29, 1.82) is 0 Å². The van der Waals surface area contributed by atoms with Crippen LogP contribution in [0.25, 0.3) is 0 Å². The summed E-state index contributed by atoms with van der Waals surface area (Å²) >= 11 is 0. The molecule has 2 atom stereocenters. The van der Waals surface area contributed by atoms with Gasteiger partial charge in [-0.3, -0.25) is 4.79 Å². The molecule has 1 N–H and O–H groups in total. The zero-order valence-electron chi connectivity index (χ0n) is 10.1. The van der Waals surface area contributed by atoms with Gasteiger partial charge in [-0.1, -0.05) is 6.08 Å². The number of carboxylic acid groups (broad SMARTS) is 1. The molecular weight excluding hydrogens is 222 g/mol. The number of amides is 1. The Morgan fingerprint density at radius 2 is 2.12 bits per heavy atom. The molecule has 0 aliphatic carbocycles. The number of aliphatic carboxylic acids is 1. The summed E-state index contributed by atoms with van der Waals surface area (Å²) in [4.78, 5) is 24.2. The number of rotatable bonds is 6. The van der Waals surface area contributed by atoms with E-state index in [0.29, 0.717) is 19.4 Å². The molecule has 0 radical (unpaired) electrons. The van der Waals surface area contributed by atoms with Crippen LogP contribution in [0.4, 0.5) is 0 Å². The van der Waals surface area contributed by atoms with Gasteiger partial charge in [-0.05, 0) is 25.7 Å². The molecule has 5 heteroatoms. The molecule has 1 aliphatic heterocycles. The molecule has 1 rings (SSSR count). The Bertz CT molecular complexity index is 303. The first kappa shape index (κ1) is 13.7. The van der Waals surface area contributed by atoms with Gasteiger partial charge in [0.15, 0.2) is 6.10 Å². The van der Waals surface area contributed by atoms with Gasteiger partial charge in [-0.15, -0.1) is 6.58 Å². The third kappa shape index (κ3) is 3.85. The molecule has 1 amide bonds. The van der Waals surface area contributed by atoms with E-state index < -0.39 is 18.2 Å². The van der Waals surface area contributed by atoms with Crippen LogP contribution in [0.3, 0.4) is 0 Å². The minimum absolute atomic E-state index is 0.127. The first-order valence-corrected chi connectivity index (χ1v) is 5.80. The maximum absolute atomic E-state index is 11.9. The first-order chi connectivity index (χ1) is 8.06. The lowest BCUT2D eigenvalue weighted by Crippen LogP contribution is -2.37. The van der Waals surface area contributed by atoms with Crippen molar-refractivity contribution in [2.45, 2.75) is 37.9 Å². The van der Waals surface area contributed by atoms with Crippen molar-refractivity contribution in [3.8, 4) is 0 Å². The van der Waals surface area contributed by atoms with Gasteiger partial charge in [0, 0.05) is 13.6 Å². The lowest BCUT2D eigenvalue weighted by Gasteiger charge is -2.20. The highest BCUT2D eigenvalue weighted by atomic mass is 16.5. The Kier molecular flexibility index (Phi) is 5.15. The number of carbonyl (C=O) groups is 2. The summed E-state index contributed by atoms with van der Waals surface area (Å²) in [7, 11) is 1.71. The van der Waals surface area contributed by atoms with Gasteiger partial charge in [-0.2, -0.15) is 0 Å². The van der Waals surface area contributed by atoms with Crippen LogP contribution in [-0.4, -0.2) is 47.7 Å². The summed E-state index contributed by atoms with van der Waals surface area (Å²) in [5.41, 5.74) is 0. The van der Waals surface area contributed by atoms with Crippen LogP contribution in [0.2, 0.25) is 0 Å². The van der Waals surface area contributed by atoms with Crippen molar-refractivity contribution in [2.24, 2.45) is 0 Å². The fourth-order valence-electron chi connectivity index (χ4n) is 1.83. The Hall–Kier alpha value is -1.36. The van der Waals surface area contributed by atoms with Gasteiger partial charge in [0.25, 0.3) is 5.91 Å². The molecule has 0 aromatic carbocycles. The molecule has 0 unspecified atom stereocenters. The van der Waals surface area contributed by atoms with E-state index in [-0.39, 0.29) is 5.91 Å². The van der Waals surface area contributed by atoms with Gasteiger partial charge < -0.3 is 14.7 Å². The molecule has 1 fully saturated rings. The lowest BCUT2D eigenvalue weighted by atomic mass is 10.2. The summed E-state index contributed by atoms with van der Waals surface area (Å²) in [5, 5.41) is 8.76. The Labute approximate surface area is 101 Å². The van der Waals surface area contributed by atoms with Crippen LogP contribution in [0.1, 0.15) is 25.7 Å². The van der Waals surface area contributed by atoms with Crippen LogP contribution in [0.15, 0.2) is 12.7 Å². The SMILES string of the molecule is C=CCCCN(C)C(=O)[C@@H]1CC[C@H](C(=O)O)O1. The topological polar surface area (TPSA) is 66.8 Å². The predicted octanol–water partition coefficient (Wildman–Crippen LogP) is 1.04. The van der Waals surface area contributed by atoms with Crippen LogP contribution in [0.5, 0.6) is 0 Å². The average Bonchev–Trinajstić information content (AvgIpc) is 2.77. The van der Waals surface area contributed by atoms with Crippen molar-refractivity contribution in [1.82, 2.24) is 4.90 Å². The smallest absolute Gasteiger partial charge is 0.332 e. The highest BCUT2D eigenvalue weighted by Crippen LogP contribution is 2.21. The fourth-order valence-corrected chi connectivity index (χ4v) is 1.83. The van der Waals surface area contributed by atoms with Crippen LogP contribution >= 0.6 is 0 Å². The van der Waals surface area contributed by atoms with E-state index in [2.05, 4.69) is 6.58 Å². The van der Waals surface area contributed by atoms with Crippen molar-refractivity contribution in [3.63, 3.8) is 0 Å². The van der Waals surface area contributed by atoms with Crippen LogP contribution < -0.4 is 0 Å². The second-order valence-corrected chi connectivity index (χ2v) is 4.22. The molecule has 0 saturated carbocycles. The van der Waals surface area contributed by atoms with Gasteiger partial charge in [0.2, 0.25) is 0 Å². The molecule has 5 nitrogen and oxygen atoms in total. The largest absolute Gasteiger partial charge is 0.479 e. The van der Waals surface area contributed by atoms with Crippen LogP contribution in [0, 0.1) is 0 Å². The number of likely N-dealkylation sites (N-methyl/N-ethyl adjacent to an activating group) is 1. The standard InChI is InChI=1S/C12H19NO4/c1-3-4-5-8-13(2)11(14)9-6-7-10(17-9)12(15)16/h3,9-10H,1,4-8H2,2H3,(H,15,16)/t9-,10+/m0/s1. The van der Waals surface area contributed by atoms with Crippen molar-refractivity contribution < 1.29 is 19.4 Å². The molecule has 0 spiro atoms. The first-order valence-electron chi connectivity index (χ1n) is 5.80. The van der Waals surface area contributed by atoms with Gasteiger partial charge in [-0.25, -0.2) is 4.79 Å². The number of hydrogen-bond donors (Lipinski definition) is 1. The third-order valence-corrected chi connectivity index (χ3v) is 2.85. The predicted molar refractivity (Wildman–Crippen MR) is 62.6 cm³/mol. The highest BCUT2D eigenvalue weighted by Gasteiger charge is 2.35. The maximum Gasteiger partial charge on any atom is 0.332 e. The summed E-state index contributed by atoms with van der Waals surface area (Å²) in [6.07, 6.45) is 3.01. The van der Waals surface area contributed by atoms with E-state index in [1.54, 1.807) is 11.9 Å². The Morgan fingerprint density at radius 1 is 1.47 bits per heavy atom. The van der Waals surface area contributed by atoms with E-state index in [4.69, 9.17) is 9.84 Å². The average molecular weight is 241 g/mol. The minimum atomic E-state index is -0.991. The number of allylic oxidation sites excluding steroid dienone is 1. The number of carboxylic acids is 1. The number of ether oxygens (including phenoxy) is 1. The van der Waals surface area contributed by atoms with E-state index in [1.165, 1.54) is 0 Å². The number of carbonyl (C=O) groups excluding carboxylic acids is 1. The van der Waals surface area contributed by atoms with Gasteiger partial charge in [0.05, 0.1) is 0 Å². The van der Waals surface area contributed by atoms with Crippen molar-refractivity contribution in [2.75, 3.05) is 13.6 Å². The second kappa shape index (κ2) is 6.39. The quantitative estimate of drug-likeness (QED) is 0.557. The second-order valence-electron chi connectivity index (χ2n) is 4.22. The molecule has 17 heavy (non-hydrogen) atoms. The minimum Gasteiger partial charge on any atom is -0.479 e. The van der Waals surface area contributed by atoms with Crippen molar-refractivity contribution in [3.05, 3.63) is 12.7 Å². The van der Waals surface area contributed by atoms with E-state index in [1.807, 2.05) is 6.08 Å². The van der Waals surface area contributed by atoms with Crippen LogP contribution in [-0.2, 0) is 14.3 Å². The number of unbranched alkanes of at least 4 members (excludes halogenated alkanes) is 1. The zero-order chi connectivity index (χ0) is 12.8. The summed E-state index contributed by atoms with van der Waals surface area (Å²) in [5.74, 6) is -1.12. The van der Waals surface area contributed by atoms with E-state index in [9.17, 15) is 9.59 Å². The summed E-state index contributed by atoms with van der Waals surface area (Å²) in [6, 6.07) is 0. The number of hydrogen-bond acceptors (Lipinski definition) is 3. The Balaban J connectivity index is 2.37. The lowest BCUT2D eigenvalue weighted by molar-refractivity contribution is -0.154. The summed E-state index contributed by atoms with van der Waals surface area (Å²) in [6.45, 7) is 4.26. The molecule has 1 heterocycles. The van der Waals surface area contributed by atoms with Gasteiger partial charge in [0.1, 0.15) is 6.10 Å². The van der Waals surface area contributed by atoms with E-state index >= 15 is 0 Å². The van der Waals surface area contributed by atoms with E-state index in [0.717, 1.165) is 12.8 Å². The molecule has 0 bridgehead atoms. The van der Waals surface area contributed by atoms with Crippen molar-refractivity contribution >= 4 is 11.9 Å². The highest BCUT2D eigenvalue weighted by molar-refractivity contribution is 5.82. The third-order valence-electron chi connectivity index (χ3n) is 2.85.